The number of H-pyrrole nitrogens is 2. The largest absolute Gasteiger partial charge is 0.412 e. The van der Waals surface area contributed by atoms with Gasteiger partial charge in [0.15, 0.2) is 10.1 Å². The lowest BCUT2D eigenvalue weighted by atomic mass is 10.2. The molecule has 0 aliphatic rings. The first-order valence-corrected chi connectivity index (χ1v) is 18.5. The van der Waals surface area contributed by atoms with Crippen LogP contribution in [0.15, 0.2) is 139 Å². The van der Waals surface area contributed by atoms with Crippen molar-refractivity contribution in [3.63, 3.8) is 0 Å². The summed E-state index contributed by atoms with van der Waals surface area (Å²) in [7, 11) is -5.95. The molecular formula is C32H28N4O5S4. The monoisotopic (exact) mass is 676 g/mol. The van der Waals surface area contributed by atoms with Gasteiger partial charge in [-0.2, -0.15) is 0 Å². The summed E-state index contributed by atoms with van der Waals surface area (Å²) in [5.74, 6) is 0.748. The molecule has 0 aliphatic heterocycles. The highest BCUT2D eigenvalue weighted by molar-refractivity contribution is 8.76. The van der Waals surface area contributed by atoms with Crippen LogP contribution in [-0.4, -0.2) is 42.2 Å². The number of aryl methyl sites for hydroxylation is 2. The van der Waals surface area contributed by atoms with Gasteiger partial charge < -0.3 is 15.4 Å². The van der Waals surface area contributed by atoms with Crippen LogP contribution in [0.2, 0.25) is 0 Å². The van der Waals surface area contributed by atoms with E-state index >= 15 is 0 Å². The number of imidazole rings is 2. The van der Waals surface area contributed by atoms with Crippen LogP contribution in [0.5, 0.6) is 0 Å². The van der Waals surface area contributed by atoms with Gasteiger partial charge in [-0.15, -0.1) is 0 Å². The molecule has 0 saturated carbocycles. The fourth-order valence-electron chi connectivity index (χ4n) is 4.37. The van der Waals surface area contributed by atoms with E-state index in [-0.39, 0.29) is 35.4 Å². The van der Waals surface area contributed by atoms with E-state index in [9.17, 15) is 16.8 Å². The number of nitrogens with one attached hydrogen (secondary N) is 2. The minimum absolute atomic E-state index is 0. The summed E-state index contributed by atoms with van der Waals surface area (Å²) in [6.45, 7) is 3.77. The van der Waals surface area contributed by atoms with Crippen molar-refractivity contribution < 1.29 is 22.3 Å². The van der Waals surface area contributed by atoms with E-state index in [1.165, 1.54) is 0 Å². The van der Waals surface area contributed by atoms with Gasteiger partial charge in [0.25, 0.3) is 0 Å². The van der Waals surface area contributed by atoms with Gasteiger partial charge >= 0.3 is 0 Å². The lowest BCUT2D eigenvalue weighted by Crippen LogP contribution is -2.04. The summed E-state index contributed by atoms with van der Waals surface area (Å²) in [6, 6.07) is 31.6. The Bertz CT molecular complexity index is 1990. The molecule has 6 aromatic rings. The molecular weight excluding hydrogens is 649 g/mol. The second-order valence-corrected chi connectivity index (χ2v) is 15.9. The minimum atomic E-state index is -4.00. The maximum absolute atomic E-state index is 13.8. The van der Waals surface area contributed by atoms with Crippen molar-refractivity contribution in [3.8, 4) is 22.8 Å². The molecule has 0 saturated heterocycles. The van der Waals surface area contributed by atoms with Gasteiger partial charge in [0.2, 0.25) is 19.7 Å². The second kappa shape index (κ2) is 13.1. The molecule has 0 aliphatic carbocycles. The standard InChI is InChI=1S/C32H26N4O4S4.H2O/c1-21-13-17-25(18-14-21)43(37,38)31-29(33-27(35-31)23-9-5-3-6-10-23)41-42-30-32(36-28(34-30)24-11-7-4-8-12-24)44(39,40)26-19-15-22(2)16-20-26;/h3-20H,1-2H3,(H,33,35)(H,34,36);1H2. The zero-order valence-electron chi connectivity index (χ0n) is 24.1. The van der Waals surface area contributed by atoms with Crippen molar-refractivity contribution in [1.82, 2.24) is 19.9 Å². The number of aromatic nitrogens is 4. The maximum atomic E-state index is 13.8. The van der Waals surface area contributed by atoms with Gasteiger partial charge in [0.1, 0.15) is 21.7 Å². The highest BCUT2D eigenvalue weighted by Crippen LogP contribution is 2.44. The predicted octanol–water partition coefficient (Wildman–Crippen LogP) is 6.72. The van der Waals surface area contributed by atoms with Gasteiger partial charge in [0, 0.05) is 11.1 Å². The highest BCUT2D eigenvalue weighted by atomic mass is 33.1. The normalized spacial score (nSPS) is 11.7. The first kappa shape index (κ1) is 32.3. The van der Waals surface area contributed by atoms with Crippen LogP contribution < -0.4 is 0 Å². The van der Waals surface area contributed by atoms with E-state index in [1.807, 2.05) is 74.5 Å². The van der Waals surface area contributed by atoms with E-state index in [1.54, 1.807) is 48.5 Å². The molecule has 9 nitrogen and oxygen atoms in total. The SMILES string of the molecule is Cc1ccc(S(=O)(=O)c2[nH]c(-c3ccccc3)nc2SSc2nc(-c3ccccc3)[nH]c2S(=O)(=O)c2ccc(C)cc2)cc1.O. The van der Waals surface area contributed by atoms with Crippen LogP contribution in [0, 0.1) is 13.8 Å². The molecule has 0 fully saturated rings. The molecule has 0 bridgehead atoms. The Kier molecular flexibility index (Phi) is 9.37. The Labute approximate surface area is 269 Å². The van der Waals surface area contributed by atoms with E-state index in [0.29, 0.717) is 22.8 Å². The Hall–Kier alpha value is -4.14. The third-order valence-corrected chi connectivity index (χ3v) is 12.7. The molecule has 6 rings (SSSR count). The molecule has 0 spiro atoms. The lowest BCUT2D eigenvalue weighted by molar-refractivity contribution is 0.588. The van der Waals surface area contributed by atoms with Crippen molar-refractivity contribution in [2.75, 3.05) is 0 Å². The Morgan fingerprint density at radius 2 is 0.844 bits per heavy atom. The van der Waals surface area contributed by atoms with Gasteiger partial charge in [0.05, 0.1) is 9.79 Å². The second-order valence-electron chi connectivity index (χ2n) is 9.97. The van der Waals surface area contributed by atoms with Crippen LogP contribution >= 0.6 is 21.6 Å². The molecule has 0 radical (unpaired) electrons. The number of rotatable bonds is 9. The summed E-state index contributed by atoms with van der Waals surface area (Å²) in [4.78, 5) is 15.6. The van der Waals surface area contributed by atoms with Crippen molar-refractivity contribution in [2.24, 2.45) is 0 Å². The molecule has 0 unspecified atom stereocenters. The fourth-order valence-corrected chi connectivity index (χ4v) is 9.94. The fraction of sp³-hybridized carbons (Fsp3) is 0.0625. The summed E-state index contributed by atoms with van der Waals surface area (Å²) in [5.41, 5.74) is 3.27. The van der Waals surface area contributed by atoms with Gasteiger partial charge in [-0.05, 0) is 59.7 Å². The number of hydrogen-bond donors (Lipinski definition) is 2. The summed E-state index contributed by atoms with van der Waals surface area (Å²) in [6.07, 6.45) is 0. The Morgan fingerprint density at radius 1 is 0.511 bits per heavy atom. The molecule has 2 heterocycles. The number of aromatic amines is 2. The number of nitrogens with zero attached hydrogens (tertiary/aromatic N) is 2. The third kappa shape index (κ3) is 6.63. The van der Waals surface area contributed by atoms with Crippen LogP contribution in [0.1, 0.15) is 11.1 Å². The van der Waals surface area contributed by atoms with Crippen molar-refractivity contribution in [1.29, 1.82) is 0 Å². The molecule has 13 heteroatoms. The minimum Gasteiger partial charge on any atom is -0.412 e. The third-order valence-electron chi connectivity index (χ3n) is 6.77. The van der Waals surface area contributed by atoms with Gasteiger partial charge in [-0.25, -0.2) is 26.8 Å². The average Bonchev–Trinajstić information content (AvgIpc) is 3.67. The molecule has 2 aromatic heterocycles. The molecule has 4 aromatic carbocycles. The Morgan fingerprint density at radius 3 is 1.18 bits per heavy atom. The highest BCUT2D eigenvalue weighted by Gasteiger charge is 2.30. The summed E-state index contributed by atoms with van der Waals surface area (Å²) in [5, 5.41) is 0.189. The van der Waals surface area contributed by atoms with E-state index in [4.69, 9.17) is 0 Å². The Balaban J connectivity index is 0.00000400. The zero-order chi connectivity index (χ0) is 30.9. The van der Waals surface area contributed by atoms with Crippen LogP contribution in [0.25, 0.3) is 22.8 Å². The number of hydrogen-bond acceptors (Lipinski definition) is 8. The maximum Gasteiger partial charge on any atom is 0.224 e. The van der Waals surface area contributed by atoms with Crippen LogP contribution in [-0.2, 0) is 19.7 Å². The molecule has 45 heavy (non-hydrogen) atoms. The smallest absolute Gasteiger partial charge is 0.224 e. The average molecular weight is 677 g/mol. The molecule has 4 N–H and O–H groups in total. The van der Waals surface area contributed by atoms with Crippen LogP contribution in [0.4, 0.5) is 0 Å². The first-order valence-electron chi connectivity index (χ1n) is 13.4. The van der Waals surface area contributed by atoms with Crippen molar-refractivity contribution >= 4 is 41.3 Å². The van der Waals surface area contributed by atoms with E-state index in [0.717, 1.165) is 32.7 Å². The predicted molar refractivity (Wildman–Crippen MR) is 177 cm³/mol. The molecule has 230 valence electrons. The van der Waals surface area contributed by atoms with E-state index < -0.39 is 19.7 Å². The first-order chi connectivity index (χ1) is 21.1. The van der Waals surface area contributed by atoms with Gasteiger partial charge in [-0.3, -0.25) is 0 Å². The topological polar surface area (TPSA) is 157 Å². The van der Waals surface area contributed by atoms with Crippen molar-refractivity contribution in [3.05, 3.63) is 120 Å². The number of sulfone groups is 2. The zero-order valence-corrected chi connectivity index (χ0v) is 27.3. The summed E-state index contributed by atoms with van der Waals surface area (Å²) >= 11 is 0. The number of benzene rings is 4. The summed E-state index contributed by atoms with van der Waals surface area (Å²) < 4.78 is 55.4. The molecule has 0 atom stereocenters. The quantitative estimate of drug-likeness (QED) is 0.160. The van der Waals surface area contributed by atoms with Gasteiger partial charge in [-0.1, -0.05) is 96.1 Å². The van der Waals surface area contributed by atoms with Crippen LogP contribution in [0.3, 0.4) is 0 Å². The van der Waals surface area contributed by atoms with Crippen molar-refractivity contribution in [2.45, 2.75) is 43.7 Å². The lowest BCUT2D eigenvalue weighted by Gasteiger charge is -2.06. The van der Waals surface area contributed by atoms with E-state index in [2.05, 4.69) is 19.9 Å². The molecule has 0 amide bonds.